The van der Waals surface area contributed by atoms with Crippen molar-refractivity contribution >= 4 is 11.8 Å². The van der Waals surface area contributed by atoms with E-state index in [0.29, 0.717) is 18.1 Å². The van der Waals surface area contributed by atoms with Crippen molar-refractivity contribution in [3.8, 4) is 11.5 Å². The quantitative estimate of drug-likeness (QED) is 0.739. The van der Waals surface area contributed by atoms with Crippen LogP contribution in [0.2, 0.25) is 0 Å². The predicted molar refractivity (Wildman–Crippen MR) is 94.4 cm³/mol. The van der Waals surface area contributed by atoms with E-state index in [1.807, 2.05) is 6.92 Å². The predicted octanol–water partition coefficient (Wildman–Crippen LogP) is 2.35. The van der Waals surface area contributed by atoms with Crippen LogP contribution in [0.3, 0.4) is 0 Å². The minimum Gasteiger partial charge on any atom is -0.494 e. The molecule has 0 saturated carbocycles. The molecule has 2 aromatic rings. The number of hydrogen-bond donors (Lipinski definition) is 2. The molecular formula is C19H20F2N2O4. The molecule has 2 amide bonds. The molecule has 27 heavy (non-hydrogen) atoms. The van der Waals surface area contributed by atoms with Gasteiger partial charge in [-0.3, -0.25) is 9.59 Å². The normalized spacial score (nSPS) is 11.4. The molecule has 0 aliphatic rings. The Kier molecular flexibility index (Phi) is 7.10. The van der Waals surface area contributed by atoms with Crippen LogP contribution in [0.25, 0.3) is 0 Å². The fourth-order valence-electron chi connectivity index (χ4n) is 2.29. The van der Waals surface area contributed by atoms with Crippen molar-refractivity contribution in [1.82, 2.24) is 10.6 Å². The molecule has 8 heteroatoms. The van der Waals surface area contributed by atoms with Gasteiger partial charge in [0.05, 0.1) is 6.61 Å². The van der Waals surface area contributed by atoms with Crippen molar-refractivity contribution in [3.05, 3.63) is 59.7 Å². The molecule has 2 N–H and O–H groups in total. The lowest BCUT2D eigenvalue weighted by atomic mass is 10.1. The summed E-state index contributed by atoms with van der Waals surface area (Å²) in [7, 11) is 1.37. The molecule has 0 heterocycles. The summed E-state index contributed by atoms with van der Waals surface area (Å²) in [6.45, 7) is 2.04. The largest absolute Gasteiger partial charge is 0.494 e. The molecule has 0 aliphatic heterocycles. The van der Waals surface area contributed by atoms with E-state index < -0.39 is 29.5 Å². The van der Waals surface area contributed by atoms with Crippen molar-refractivity contribution in [3.63, 3.8) is 0 Å². The summed E-state index contributed by atoms with van der Waals surface area (Å²) in [6.07, 6.45) is 0. The Morgan fingerprint density at radius 2 is 1.63 bits per heavy atom. The molecule has 144 valence electrons. The van der Waals surface area contributed by atoms with Gasteiger partial charge in [-0.1, -0.05) is 6.07 Å². The van der Waals surface area contributed by atoms with Crippen LogP contribution in [0, 0.1) is 11.6 Å². The van der Waals surface area contributed by atoms with Crippen LogP contribution in [0.5, 0.6) is 11.5 Å². The van der Waals surface area contributed by atoms with Crippen molar-refractivity contribution in [2.75, 3.05) is 20.3 Å². The van der Waals surface area contributed by atoms with Gasteiger partial charge in [0, 0.05) is 7.05 Å². The van der Waals surface area contributed by atoms with E-state index in [2.05, 4.69) is 10.6 Å². The minimum absolute atomic E-state index is 0.114. The number of halogens is 2. The number of ether oxygens (including phenoxy) is 2. The molecule has 0 spiro atoms. The number of nitrogens with one attached hydrogen (secondary N) is 2. The van der Waals surface area contributed by atoms with Gasteiger partial charge in [-0.05, 0) is 48.9 Å². The lowest BCUT2D eigenvalue weighted by molar-refractivity contribution is -0.129. The topological polar surface area (TPSA) is 76.7 Å². The number of carbonyl (C=O) groups excluding carboxylic acids is 2. The zero-order valence-corrected chi connectivity index (χ0v) is 14.9. The third kappa shape index (κ3) is 5.67. The minimum atomic E-state index is -1.18. The summed E-state index contributed by atoms with van der Waals surface area (Å²) in [4.78, 5) is 24.2. The summed E-state index contributed by atoms with van der Waals surface area (Å²) >= 11 is 0. The average Bonchev–Trinajstić information content (AvgIpc) is 2.67. The second-order valence-electron chi connectivity index (χ2n) is 5.48. The summed E-state index contributed by atoms with van der Waals surface area (Å²) in [5.41, 5.74) is 0.114. The molecule has 0 aliphatic carbocycles. The second kappa shape index (κ2) is 9.51. The molecule has 0 aromatic heterocycles. The summed E-state index contributed by atoms with van der Waals surface area (Å²) in [6, 6.07) is 8.49. The Hall–Kier alpha value is -3.16. The number of rotatable bonds is 8. The summed E-state index contributed by atoms with van der Waals surface area (Å²) in [5.74, 6) is -2.20. The standard InChI is InChI=1S/C19H20F2N2O4/c1-3-26-13-5-7-14(8-6-13)27-11-17(24)23-18(19(25)22-2)12-4-9-15(20)16(21)10-12/h4-10,18H,3,11H2,1-2H3,(H,22,25)(H,23,24). The van der Waals surface area contributed by atoms with Crippen LogP contribution in [-0.4, -0.2) is 32.1 Å². The maximum Gasteiger partial charge on any atom is 0.258 e. The number of carbonyl (C=O) groups is 2. The number of hydrogen-bond acceptors (Lipinski definition) is 4. The Balaban J connectivity index is 2.01. The molecule has 2 aromatic carbocycles. The monoisotopic (exact) mass is 378 g/mol. The lowest BCUT2D eigenvalue weighted by Crippen LogP contribution is -2.41. The van der Waals surface area contributed by atoms with E-state index in [0.717, 1.165) is 12.1 Å². The Morgan fingerprint density at radius 3 is 2.19 bits per heavy atom. The van der Waals surface area contributed by atoms with Gasteiger partial charge in [-0.25, -0.2) is 8.78 Å². The van der Waals surface area contributed by atoms with Crippen LogP contribution in [0.4, 0.5) is 8.78 Å². The van der Waals surface area contributed by atoms with Gasteiger partial charge in [-0.15, -0.1) is 0 Å². The lowest BCUT2D eigenvalue weighted by Gasteiger charge is -2.18. The van der Waals surface area contributed by atoms with Crippen molar-refractivity contribution in [2.45, 2.75) is 13.0 Å². The van der Waals surface area contributed by atoms with Gasteiger partial charge in [0.1, 0.15) is 17.5 Å². The Bertz CT molecular complexity index is 797. The third-order valence-electron chi connectivity index (χ3n) is 3.60. The molecule has 0 bridgehead atoms. The van der Waals surface area contributed by atoms with Gasteiger partial charge in [-0.2, -0.15) is 0 Å². The highest BCUT2D eigenvalue weighted by Crippen LogP contribution is 2.19. The van der Waals surface area contributed by atoms with E-state index in [9.17, 15) is 18.4 Å². The van der Waals surface area contributed by atoms with E-state index in [1.54, 1.807) is 24.3 Å². The summed E-state index contributed by atoms with van der Waals surface area (Å²) < 4.78 is 37.2. The molecule has 1 atom stereocenters. The van der Waals surface area contributed by atoms with E-state index in [1.165, 1.54) is 13.1 Å². The first kappa shape index (κ1) is 20.2. The molecule has 0 radical (unpaired) electrons. The van der Waals surface area contributed by atoms with Crippen LogP contribution >= 0.6 is 0 Å². The number of amides is 2. The molecule has 0 saturated heterocycles. The third-order valence-corrected chi connectivity index (χ3v) is 3.60. The maximum atomic E-state index is 13.4. The van der Waals surface area contributed by atoms with Crippen LogP contribution < -0.4 is 20.1 Å². The summed E-state index contributed by atoms with van der Waals surface area (Å²) in [5, 5.41) is 4.81. The zero-order chi connectivity index (χ0) is 19.8. The highest BCUT2D eigenvalue weighted by Gasteiger charge is 2.23. The molecule has 6 nitrogen and oxygen atoms in total. The molecule has 1 unspecified atom stereocenters. The van der Waals surface area contributed by atoms with Crippen LogP contribution in [0.15, 0.2) is 42.5 Å². The maximum absolute atomic E-state index is 13.4. The Labute approximate surface area is 155 Å². The van der Waals surface area contributed by atoms with Gasteiger partial charge in [0.2, 0.25) is 5.91 Å². The SMILES string of the molecule is CCOc1ccc(OCC(=O)NC(C(=O)NC)c2ccc(F)c(F)c2)cc1. The van der Waals surface area contributed by atoms with E-state index in [4.69, 9.17) is 9.47 Å². The number of likely N-dealkylation sites (N-methyl/N-ethyl adjacent to an activating group) is 1. The van der Waals surface area contributed by atoms with E-state index >= 15 is 0 Å². The first-order valence-electron chi connectivity index (χ1n) is 8.26. The van der Waals surface area contributed by atoms with Crippen LogP contribution in [-0.2, 0) is 9.59 Å². The highest BCUT2D eigenvalue weighted by atomic mass is 19.2. The van der Waals surface area contributed by atoms with Gasteiger partial charge in [0.25, 0.3) is 5.91 Å². The van der Waals surface area contributed by atoms with Gasteiger partial charge < -0.3 is 20.1 Å². The molecule has 0 fully saturated rings. The van der Waals surface area contributed by atoms with Crippen molar-refractivity contribution in [2.24, 2.45) is 0 Å². The first-order valence-corrected chi connectivity index (χ1v) is 8.26. The van der Waals surface area contributed by atoms with Gasteiger partial charge >= 0.3 is 0 Å². The fraction of sp³-hybridized carbons (Fsp3) is 0.263. The first-order chi connectivity index (χ1) is 12.9. The van der Waals surface area contributed by atoms with Crippen molar-refractivity contribution in [1.29, 1.82) is 0 Å². The highest BCUT2D eigenvalue weighted by molar-refractivity contribution is 5.89. The zero-order valence-electron chi connectivity index (χ0n) is 14.9. The van der Waals surface area contributed by atoms with E-state index in [-0.39, 0.29) is 12.2 Å². The fourth-order valence-corrected chi connectivity index (χ4v) is 2.29. The average molecular weight is 378 g/mol. The van der Waals surface area contributed by atoms with Crippen molar-refractivity contribution < 1.29 is 27.8 Å². The smallest absolute Gasteiger partial charge is 0.258 e. The molecule has 2 rings (SSSR count). The second-order valence-corrected chi connectivity index (χ2v) is 5.48. The molecular weight excluding hydrogens is 358 g/mol. The number of benzene rings is 2. The Morgan fingerprint density at radius 1 is 1.00 bits per heavy atom. The van der Waals surface area contributed by atoms with Gasteiger partial charge in [0.15, 0.2) is 18.2 Å². The van der Waals surface area contributed by atoms with Crippen LogP contribution in [0.1, 0.15) is 18.5 Å².